The van der Waals surface area contributed by atoms with E-state index in [-0.39, 0.29) is 28.4 Å². The number of thiazole rings is 1. The summed E-state index contributed by atoms with van der Waals surface area (Å²) < 4.78 is 33.0. The highest BCUT2D eigenvalue weighted by Crippen LogP contribution is 2.23. The highest BCUT2D eigenvalue weighted by Gasteiger charge is 2.16. The van der Waals surface area contributed by atoms with Crippen LogP contribution in [0, 0.1) is 13.8 Å². The molecule has 2 aromatic carbocycles. The average molecular weight is 496 g/mol. The maximum absolute atomic E-state index is 12.5. The van der Waals surface area contributed by atoms with E-state index in [1.807, 2.05) is 19.9 Å². The van der Waals surface area contributed by atoms with Crippen LogP contribution in [0.3, 0.4) is 0 Å². The largest absolute Gasteiger partial charge is 0.424 e. The minimum absolute atomic E-state index is 0.0190. The number of carbonyl (C=O) groups excluding carboxylic acids is 1. The van der Waals surface area contributed by atoms with Crippen molar-refractivity contribution in [3.63, 3.8) is 0 Å². The summed E-state index contributed by atoms with van der Waals surface area (Å²) in [5, 5.41) is 4.62. The molecule has 2 N–H and O–H groups in total. The topological polar surface area (TPSA) is 123 Å². The molecule has 0 bridgehead atoms. The average Bonchev–Trinajstić information content (AvgIpc) is 3.19. The molecule has 0 unspecified atom stereocenters. The minimum atomic E-state index is -3.74. The highest BCUT2D eigenvalue weighted by atomic mass is 32.2. The van der Waals surface area contributed by atoms with Crippen LogP contribution in [0.2, 0.25) is 0 Å². The molecule has 34 heavy (non-hydrogen) atoms. The first kappa shape index (κ1) is 23.3. The molecule has 0 spiro atoms. The van der Waals surface area contributed by atoms with Gasteiger partial charge in [-0.05, 0) is 44.2 Å². The van der Waals surface area contributed by atoms with E-state index in [2.05, 4.69) is 25.0 Å². The first-order valence-electron chi connectivity index (χ1n) is 10.2. The Morgan fingerprint density at radius 2 is 1.71 bits per heavy atom. The van der Waals surface area contributed by atoms with Crippen molar-refractivity contribution in [2.75, 3.05) is 10.0 Å². The lowest BCUT2D eigenvalue weighted by atomic mass is 10.2. The molecule has 2 heterocycles. The van der Waals surface area contributed by atoms with Crippen molar-refractivity contribution >= 4 is 38.1 Å². The van der Waals surface area contributed by atoms with Crippen LogP contribution in [0.4, 0.5) is 10.8 Å². The van der Waals surface area contributed by atoms with Crippen LogP contribution in [0.25, 0.3) is 0 Å². The summed E-state index contributed by atoms with van der Waals surface area (Å²) in [4.78, 5) is 25.4. The second-order valence-corrected chi connectivity index (χ2v) is 9.89. The molecule has 0 saturated heterocycles. The normalized spacial score (nSPS) is 11.1. The van der Waals surface area contributed by atoms with Crippen molar-refractivity contribution < 1.29 is 17.9 Å². The fourth-order valence-corrected chi connectivity index (χ4v) is 5.04. The Balaban J connectivity index is 1.37. The predicted octanol–water partition coefficient (Wildman–Crippen LogP) is 4.32. The fourth-order valence-electron chi connectivity index (χ4n) is 3.06. The highest BCUT2D eigenvalue weighted by molar-refractivity contribution is 7.93. The van der Waals surface area contributed by atoms with Crippen molar-refractivity contribution in [3.05, 3.63) is 83.1 Å². The summed E-state index contributed by atoms with van der Waals surface area (Å²) in [7, 11) is -3.74. The maximum atomic E-state index is 12.5. The molecule has 174 valence electrons. The SMILES string of the molecule is Cc1cc(C)nc(Oc2cccc(NC(=O)Cc3csc(NS(=O)(=O)c4ccccc4)n3)c2)n1. The molecule has 0 radical (unpaired) electrons. The molecule has 0 aliphatic heterocycles. The number of sulfonamides is 1. The Morgan fingerprint density at radius 3 is 2.44 bits per heavy atom. The Labute approximate surface area is 200 Å². The number of benzene rings is 2. The lowest BCUT2D eigenvalue weighted by Gasteiger charge is -2.08. The minimum Gasteiger partial charge on any atom is -0.424 e. The van der Waals surface area contributed by atoms with Crippen LogP contribution in [0.5, 0.6) is 11.8 Å². The Kier molecular flexibility index (Phi) is 6.85. The third-order valence-corrected chi connectivity index (χ3v) is 6.75. The van der Waals surface area contributed by atoms with Gasteiger partial charge in [0.1, 0.15) is 5.75 Å². The monoisotopic (exact) mass is 495 g/mol. The first-order chi connectivity index (χ1) is 16.3. The number of hydrogen-bond donors (Lipinski definition) is 2. The second-order valence-electron chi connectivity index (χ2n) is 7.35. The van der Waals surface area contributed by atoms with Gasteiger partial charge in [0.2, 0.25) is 5.91 Å². The molecule has 4 rings (SSSR count). The third-order valence-electron chi connectivity index (χ3n) is 4.46. The molecular formula is C23H21N5O4S2. The van der Waals surface area contributed by atoms with Crippen LogP contribution in [-0.2, 0) is 21.2 Å². The van der Waals surface area contributed by atoms with E-state index >= 15 is 0 Å². The first-order valence-corrected chi connectivity index (χ1v) is 12.6. The number of amides is 1. The van der Waals surface area contributed by atoms with Crippen molar-refractivity contribution in [2.24, 2.45) is 0 Å². The van der Waals surface area contributed by atoms with Gasteiger partial charge in [-0.2, -0.15) is 0 Å². The van der Waals surface area contributed by atoms with Gasteiger partial charge in [-0.25, -0.2) is 23.4 Å². The van der Waals surface area contributed by atoms with Gasteiger partial charge in [0.05, 0.1) is 17.0 Å². The molecule has 2 aromatic heterocycles. The predicted molar refractivity (Wildman–Crippen MR) is 130 cm³/mol. The number of anilines is 2. The number of carbonyl (C=O) groups is 1. The zero-order valence-corrected chi connectivity index (χ0v) is 20.0. The van der Waals surface area contributed by atoms with Gasteiger partial charge in [-0.15, -0.1) is 11.3 Å². The smallest absolute Gasteiger partial charge is 0.322 e. The summed E-state index contributed by atoms with van der Waals surface area (Å²) in [6.45, 7) is 3.71. The zero-order valence-electron chi connectivity index (χ0n) is 18.3. The number of hydrogen-bond acceptors (Lipinski definition) is 8. The van der Waals surface area contributed by atoms with Gasteiger partial charge in [-0.1, -0.05) is 24.3 Å². The van der Waals surface area contributed by atoms with Gasteiger partial charge in [0, 0.05) is 28.5 Å². The van der Waals surface area contributed by atoms with E-state index in [0.29, 0.717) is 17.1 Å². The standard InChI is InChI=1S/C23H21N5O4S2/c1-15-11-16(2)25-22(24-15)32-19-8-6-7-17(12-19)26-21(29)13-18-14-33-23(27-18)28-34(30,31)20-9-4-3-5-10-20/h3-12,14H,13H2,1-2H3,(H,26,29)(H,27,28). The van der Waals surface area contributed by atoms with E-state index in [9.17, 15) is 13.2 Å². The third kappa shape index (κ3) is 6.15. The van der Waals surface area contributed by atoms with Crippen LogP contribution >= 0.6 is 11.3 Å². The van der Waals surface area contributed by atoms with Crippen LogP contribution in [-0.4, -0.2) is 29.3 Å². The molecule has 0 atom stereocenters. The molecule has 11 heteroatoms. The van der Waals surface area contributed by atoms with Gasteiger partial charge in [0.15, 0.2) is 5.13 Å². The van der Waals surface area contributed by atoms with Crippen molar-refractivity contribution in [1.29, 1.82) is 0 Å². The lowest BCUT2D eigenvalue weighted by Crippen LogP contribution is -2.15. The molecule has 0 aliphatic rings. The number of rotatable bonds is 8. The number of aromatic nitrogens is 3. The summed E-state index contributed by atoms with van der Waals surface area (Å²) in [5.74, 6) is 0.177. The molecule has 4 aromatic rings. The quantitative estimate of drug-likeness (QED) is 0.373. The number of aryl methyl sites for hydroxylation is 2. The van der Waals surface area contributed by atoms with E-state index in [1.165, 1.54) is 12.1 Å². The zero-order chi connectivity index (χ0) is 24.1. The van der Waals surface area contributed by atoms with Crippen LogP contribution in [0.1, 0.15) is 17.1 Å². The maximum Gasteiger partial charge on any atom is 0.322 e. The Hall–Kier alpha value is -3.83. The summed E-state index contributed by atoms with van der Waals surface area (Å²) in [5.41, 5.74) is 2.57. The number of ether oxygens (including phenoxy) is 1. The number of nitrogens with one attached hydrogen (secondary N) is 2. The molecule has 9 nitrogen and oxygen atoms in total. The Morgan fingerprint density at radius 1 is 0.971 bits per heavy atom. The van der Waals surface area contributed by atoms with E-state index in [4.69, 9.17) is 4.74 Å². The van der Waals surface area contributed by atoms with Gasteiger partial charge < -0.3 is 10.1 Å². The van der Waals surface area contributed by atoms with Crippen molar-refractivity contribution in [3.8, 4) is 11.8 Å². The summed E-state index contributed by atoms with van der Waals surface area (Å²) >= 11 is 1.11. The summed E-state index contributed by atoms with van der Waals surface area (Å²) in [6.07, 6.45) is -0.0190. The molecule has 1 amide bonds. The number of nitrogens with zero attached hydrogens (tertiary/aromatic N) is 3. The van der Waals surface area contributed by atoms with Crippen molar-refractivity contribution in [2.45, 2.75) is 25.2 Å². The van der Waals surface area contributed by atoms with Gasteiger partial charge >= 0.3 is 6.01 Å². The molecule has 0 saturated carbocycles. The Bertz CT molecular complexity index is 1400. The lowest BCUT2D eigenvalue weighted by molar-refractivity contribution is -0.115. The van der Waals surface area contributed by atoms with E-state index in [1.54, 1.807) is 47.8 Å². The van der Waals surface area contributed by atoms with Crippen LogP contribution in [0.15, 0.2) is 70.9 Å². The second kappa shape index (κ2) is 9.98. The molecule has 0 fully saturated rings. The van der Waals surface area contributed by atoms with E-state index < -0.39 is 10.0 Å². The molecule has 0 aliphatic carbocycles. The van der Waals surface area contributed by atoms with Crippen molar-refractivity contribution in [1.82, 2.24) is 15.0 Å². The molecular weight excluding hydrogens is 474 g/mol. The van der Waals surface area contributed by atoms with Gasteiger partial charge in [0.25, 0.3) is 10.0 Å². The van der Waals surface area contributed by atoms with E-state index in [0.717, 1.165) is 22.7 Å². The van der Waals surface area contributed by atoms with Gasteiger partial charge in [-0.3, -0.25) is 9.52 Å². The fraction of sp³-hybridized carbons (Fsp3) is 0.130. The van der Waals surface area contributed by atoms with Crippen LogP contribution < -0.4 is 14.8 Å². The summed E-state index contributed by atoms with van der Waals surface area (Å²) in [6, 6.07) is 17.0.